The first-order valence-electron chi connectivity index (χ1n) is 6.63. The first kappa shape index (κ1) is 15.0. The number of carbonyl (C=O) groups is 1. The van der Waals surface area contributed by atoms with Crippen molar-refractivity contribution in [2.45, 2.75) is 25.8 Å². The third-order valence-electron chi connectivity index (χ3n) is 3.54. The van der Waals surface area contributed by atoms with E-state index in [1.807, 2.05) is 6.92 Å². The number of rotatable bonds is 4. The lowest BCUT2D eigenvalue weighted by Gasteiger charge is -2.28. The first-order chi connectivity index (χ1) is 9.61. The molecule has 20 heavy (non-hydrogen) atoms. The highest BCUT2D eigenvalue weighted by molar-refractivity contribution is 6.33. The predicted molar refractivity (Wildman–Crippen MR) is 77.5 cm³/mol. The SMILES string of the molecule is CC(NC(=O)c1nc(NN)ccc1Cl)C1CCOCC1. The van der Waals surface area contributed by atoms with Crippen molar-refractivity contribution in [1.29, 1.82) is 0 Å². The normalized spacial score (nSPS) is 17.6. The van der Waals surface area contributed by atoms with Crippen LogP contribution in [0.15, 0.2) is 12.1 Å². The topological polar surface area (TPSA) is 89.3 Å². The summed E-state index contributed by atoms with van der Waals surface area (Å²) in [6.45, 7) is 3.49. The summed E-state index contributed by atoms with van der Waals surface area (Å²) in [6.07, 6.45) is 1.90. The van der Waals surface area contributed by atoms with Gasteiger partial charge in [0, 0.05) is 19.3 Å². The zero-order chi connectivity index (χ0) is 14.5. The van der Waals surface area contributed by atoms with Gasteiger partial charge in [0.1, 0.15) is 11.5 Å². The molecule has 6 nitrogen and oxygen atoms in total. The number of nitrogens with two attached hydrogens (primary N) is 1. The Labute approximate surface area is 123 Å². The molecule has 0 saturated carbocycles. The zero-order valence-corrected chi connectivity index (χ0v) is 12.1. The molecular weight excluding hydrogens is 280 g/mol. The van der Waals surface area contributed by atoms with E-state index in [1.165, 1.54) is 0 Å². The molecule has 0 spiro atoms. The average molecular weight is 299 g/mol. The minimum Gasteiger partial charge on any atom is -0.381 e. The number of halogens is 1. The van der Waals surface area contributed by atoms with Crippen molar-refractivity contribution in [2.24, 2.45) is 11.8 Å². The summed E-state index contributed by atoms with van der Waals surface area (Å²) in [5.74, 6) is 5.82. The van der Waals surface area contributed by atoms with Crippen LogP contribution in [0.1, 0.15) is 30.3 Å². The number of nitrogen functional groups attached to an aromatic ring is 1. The number of nitrogens with zero attached hydrogens (tertiary/aromatic N) is 1. The third kappa shape index (κ3) is 3.59. The van der Waals surface area contributed by atoms with Crippen LogP contribution in [0.4, 0.5) is 5.82 Å². The molecular formula is C13H19ClN4O2. The second kappa shape index (κ2) is 6.88. The van der Waals surface area contributed by atoms with Crippen molar-refractivity contribution in [3.63, 3.8) is 0 Å². The molecule has 1 aromatic heterocycles. The summed E-state index contributed by atoms with van der Waals surface area (Å²) in [5.41, 5.74) is 2.58. The van der Waals surface area contributed by atoms with E-state index < -0.39 is 0 Å². The van der Waals surface area contributed by atoms with Crippen LogP contribution in [0, 0.1) is 5.92 Å². The van der Waals surface area contributed by atoms with Crippen molar-refractivity contribution in [3.8, 4) is 0 Å². The maximum Gasteiger partial charge on any atom is 0.271 e. The van der Waals surface area contributed by atoms with Gasteiger partial charge in [-0.1, -0.05) is 11.6 Å². The molecule has 4 N–H and O–H groups in total. The van der Waals surface area contributed by atoms with Crippen LogP contribution in [0.2, 0.25) is 5.02 Å². The predicted octanol–water partition coefficient (Wildman–Crippen LogP) is 1.57. The summed E-state index contributed by atoms with van der Waals surface area (Å²) in [4.78, 5) is 16.3. The Morgan fingerprint density at radius 1 is 1.50 bits per heavy atom. The van der Waals surface area contributed by atoms with E-state index in [4.69, 9.17) is 22.2 Å². The van der Waals surface area contributed by atoms with E-state index in [0.29, 0.717) is 16.8 Å². The number of aromatic nitrogens is 1. The lowest BCUT2D eigenvalue weighted by atomic mass is 9.93. The fraction of sp³-hybridized carbons (Fsp3) is 0.538. The average Bonchev–Trinajstić information content (AvgIpc) is 2.48. The molecule has 2 rings (SSSR count). The molecule has 1 atom stereocenters. The van der Waals surface area contributed by atoms with Gasteiger partial charge in [-0.3, -0.25) is 4.79 Å². The molecule has 2 heterocycles. The van der Waals surface area contributed by atoms with Crippen LogP contribution in [-0.2, 0) is 4.74 Å². The number of amides is 1. The Kier molecular flexibility index (Phi) is 5.17. The quantitative estimate of drug-likeness (QED) is 0.580. The Balaban J connectivity index is 2.03. The first-order valence-corrected chi connectivity index (χ1v) is 7.01. The molecule has 1 aliphatic rings. The Morgan fingerprint density at radius 2 is 2.20 bits per heavy atom. The number of hydrogen-bond acceptors (Lipinski definition) is 5. The minimum atomic E-state index is -0.286. The summed E-state index contributed by atoms with van der Waals surface area (Å²) in [6, 6.07) is 3.26. The maximum absolute atomic E-state index is 12.2. The molecule has 0 aliphatic carbocycles. The van der Waals surface area contributed by atoms with Crippen LogP contribution in [0.25, 0.3) is 0 Å². The standard InChI is InChI=1S/C13H19ClN4O2/c1-8(9-4-6-20-7-5-9)16-13(19)12-10(14)2-3-11(17-12)18-15/h2-3,8-9H,4-7,15H2,1H3,(H,16,19)(H,17,18). The molecule has 1 amide bonds. The van der Waals surface area contributed by atoms with Gasteiger partial charge in [-0.2, -0.15) is 0 Å². The number of hydrazine groups is 1. The smallest absolute Gasteiger partial charge is 0.271 e. The van der Waals surface area contributed by atoms with Gasteiger partial charge in [0.25, 0.3) is 5.91 Å². The number of ether oxygens (including phenoxy) is 1. The number of carbonyl (C=O) groups excluding carboxylic acids is 1. The number of nitrogens with one attached hydrogen (secondary N) is 2. The molecule has 1 aliphatic heterocycles. The van der Waals surface area contributed by atoms with Crippen molar-refractivity contribution < 1.29 is 9.53 Å². The zero-order valence-electron chi connectivity index (χ0n) is 11.4. The summed E-state index contributed by atoms with van der Waals surface area (Å²) in [7, 11) is 0. The molecule has 0 aromatic carbocycles. The second-order valence-corrected chi connectivity index (χ2v) is 5.29. The van der Waals surface area contributed by atoms with E-state index in [-0.39, 0.29) is 17.6 Å². The van der Waals surface area contributed by atoms with Crippen molar-refractivity contribution in [3.05, 3.63) is 22.8 Å². The van der Waals surface area contributed by atoms with Crippen LogP contribution in [0.5, 0.6) is 0 Å². The molecule has 0 bridgehead atoms. The Hall–Kier alpha value is -1.37. The Bertz CT molecular complexity index is 477. The van der Waals surface area contributed by atoms with E-state index in [9.17, 15) is 4.79 Å². The third-order valence-corrected chi connectivity index (χ3v) is 3.85. The summed E-state index contributed by atoms with van der Waals surface area (Å²) < 4.78 is 5.32. The van der Waals surface area contributed by atoms with Crippen LogP contribution in [0.3, 0.4) is 0 Å². The minimum absolute atomic E-state index is 0.0544. The van der Waals surface area contributed by atoms with Gasteiger partial charge < -0.3 is 15.5 Å². The van der Waals surface area contributed by atoms with E-state index in [0.717, 1.165) is 26.1 Å². The van der Waals surface area contributed by atoms with Crippen molar-refractivity contribution >= 4 is 23.3 Å². The molecule has 0 radical (unpaired) electrons. The second-order valence-electron chi connectivity index (χ2n) is 4.88. The monoisotopic (exact) mass is 298 g/mol. The van der Waals surface area contributed by atoms with Crippen molar-refractivity contribution in [1.82, 2.24) is 10.3 Å². The lowest BCUT2D eigenvalue weighted by Crippen LogP contribution is -2.40. The molecule has 1 saturated heterocycles. The number of hydrogen-bond donors (Lipinski definition) is 3. The molecule has 1 unspecified atom stereocenters. The molecule has 1 fully saturated rings. The molecule has 110 valence electrons. The number of pyridine rings is 1. The van der Waals surface area contributed by atoms with Gasteiger partial charge >= 0.3 is 0 Å². The maximum atomic E-state index is 12.2. The van der Waals surface area contributed by atoms with Crippen LogP contribution >= 0.6 is 11.6 Å². The highest BCUT2D eigenvalue weighted by Crippen LogP contribution is 2.20. The summed E-state index contributed by atoms with van der Waals surface area (Å²) in [5, 5.41) is 3.25. The molecule has 1 aromatic rings. The fourth-order valence-electron chi connectivity index (χ4n) is 2.29. The van der Waals surface area contributed by atoms with Gasteiger partial charge in [-0.15, -0.1) is 0 Å². The van der Waals surface area contributed by atoms with Gasteiger partial charge in [-0.25, -0.2) is 10.8 Å². The number of anilines is 1. The van der Waals surface area contributed by atoms with Gasteiger partial charge in [-0.05, 0) is 37.8 Å². The van der Waals surface area contributed by atoms with Gasteiger partial charge in [0.15, 0.2) is 0 Å². The lowest BCUT2D eigenvalue weighted by molar-refractivity contribution is 0.0537. The van der Waals surface area contributed by atoms with Crippen LogP contribution in [-0.4, -0.2) is 30.1 Å². The van der Waals surface area contributed by atoms with E-state index >= 15 is 0 Å². The van der Waals surface area contributed by atoms with E-state index in [2.05, 4.69) is 15.7 Å². The molecule has 7 heteroatoms. The highest BCUT2D eigenvalue weighted by Gasteiger charge is 2.23. The van der Waals surface area contributed by atoms with Gasteiger partial charge in [0.05, 0.1) is 5.02 Å². The van der Waals surface area contributed by atoms with E-state index in [1.54, 1.807) is 12.1 Å². The van der Waals surface area contributed by atoms with Gasteiger partial charge in [0.2, 0.25) is 0 Å². The largest absolute Gasteiger partial charge is 0.381 e. The summed E-state index contributed by atoms with van der Waals surface area (Å²) >= 11 is 6.01. The Morgan fingerprint density at radius 3 is 2.85 bits per heavy atom. The van der Waals surface area contributed by atoms with Crippen molar-refractivity contribution in [2.75, 3.05) is 18.6 Å². The highest BCUT2D eigenvalue weighted by atomic mass is 35.5. The fourth-order valence-corrected chi connectivity index (χ4v) is 2.48. The van der Waals surface area contributed by atoms with Crippen LogP contribution < -0.4 is 16.6 Å².